The van der Waals surface area contributed by atoms with Gasteiger partial charge in [0, 0.05) is 23.5 Å². The minimum absolute atomic E-state index is 0.00346. The molecule has 6 nitrogen and oxygen atoms in total. The van der Waals surface area contributed by atoms with E-state index in [0.717, 1.165) is 56.5 Å². The number of hydrogen-bond acceptors (Lipinski definition) is 4. The van der Waals surface area contributed by atoms with Gasteiger partial charge in [0.15, 0.2) is 0 Å². The van der Waals surface area contributed by atoms with Crippen molar-refractivity contribution in [2.45, 2.75) is 49.5 Å². The number of thioether (sulfide) groups is 1. The van der Waals surface area contributed by atoms with Crippen LogP contribution < -0.4 is 10.2 Å². The molecule has 1 aliphatic carbocycles. The Morgan fingerprint density at radius 1 is 1.03 bits per heavy atom. The highest BCUT2D eigenvalue weighted by molar-refractivity contribution is 8.00. The van der Waals surface area contributed by atoms with E-state index in [4.69, 9.17) is 0 Å². The lowest BCUT2D eigenvalue weighted by atomic mass is 9.88. The van der Waals surface area contributed by atoms with Crippen molar-refractivity contribution in [3.63, 3.8) is 0 Å². The SMILES string of the molecule is O=C(CN1C(=O)CSc2ccc(C(=O)N3CCCCC3)cc21)NC1CCCc2ccccc21. The Labute approximate surface area is 198 Å². The maximum atomic E-state index is 13.0. The van der Waals surface area contributed by atoms with Crippen molar-refractivity contribution in [1.29, 1.82) is 0 Å². The first-order chi connectivity index (χ1) is 16.1. The number of benzene rings is 2. The van der Waals surface area contributed by atoms with Gasteiger partial charge in [-0.2, -0.15) is 0 Å². The van der Waals surface area contributed by atoms with Crippen molar-refractivity contribution >= 4 is 35.2 Å². The number of fused-ring (bicyclic) bond motifs is 2. The third-order valence-corrected chi connectivity index (χ3v) is 7.85. The van der Waals surface area contributed by atoms with Crippen LogP contribution in [0.1, 0.15) is 59.6 Å². The van der Waals surface area contributed by atoms with Crippen molar-refractivity contribution in [1.82, 2.24) is 10.2 Å². The first kappa shape index (κ1) is 22.0. The molecule has 172 valence electrons. The fourth-order valence-corrected chi connectivity index (χ4v) is 5.99. The van der Waals surface area contributed by atoms with Gasteiger partial charge in [-0.05, 0) is 67.9 Å². The van der Waals surface area contributed by atoms with Crippen molar-refractivity contribution < 1.29 is 14.4 Å². The molecule has 7 heteroatoms. The summed E-state index contributed by atoms with van der Waals surface area (Å²) in [7, 11) is 0. The summed E-state index contributed by atoms with van der Waals surface area (Å²) in [5.41, 5.74) is 3.70. The Balaban J connectivity index is 1.33. The Kier molecular flexibility index (Phi) is 6.40. The van der Waals surface area contributed by atoms with Gasteiger partial charge in [0.2, 0.25) is 11.8 Å². The number of carbonyl (C=O) groups excluding carboxylic acids is 3. The van der Waals surface area contributed by atoms with Crippen LogP contribution in [0.2, 0.25) is 0 Å². The van der Waals surface area contributed by atoms with E-state index in [2.05, 4.69) is 17.4 Å². The molecule has 1 unspecified atom stereocenters. The topological polar surface area (TPSA) is 69.7 Å². The van der Waals surface area contributed by atoms with Crippen LogP contribution >= 0.6 is 11.8 Å². The van der Waals surface area contributed by atoms with E-state index in [9.17, 15) is 14.4 Å². The number of anilines is 1. The van der Waals surface area contributed by atoms with Crippen molar-refractivity contribution in [3.05, 3.63) is 59.2 Å². The highest BCUT2D eigenvalue weighted by Crippen LogP contribution is 2.36. The van der Waals surface area contributed by atoms with E-state index in [1.165, 1.54) is 22.9 Å². The predicted molar refractivity (Wildman–Crippen MR) is 130 cm³/mol. The smallest absolute Gasteiger partial charge is 0.253 e. The highest BCUT2D eigenvalue weighted by atomic mass is 32.2. The third-order valence-electron chi connectivity index (χ3n) is 6.80. The molecule has 0 bridgehead atoms. The van der Waals surface area contributed by atoms with Gasteiger partial charge in [-0.3, -0.25) is 14.4 Å². The molecular formula is C26H29N3O3S. The summed E-state index contributed by atoms with van der Waals surface area (Å²) in [5, 5.41) is 3.15. The number of amides is 3. The lowest BCUT2D eigenvalue weighted by molar-refractivity contribution is -0.123. The summed E-state index contributed by atoms with van der Waals surface area (Å²) in [6.07, 6.45) is 6.19. The van der Waals surface area contributed by atoms with Crippen LogP contribution in [0, 0.1) is 0 Å². The normalized spacial score (nSPS) is 20.1. The largest absolute Gasteiger partial charge is 0.348 e. The number of aryl methyl sites for hydroxylation is 1. The second-order valence-electron chi connectivity index (χ2n) is 9.02. The van der Waals surface area contributed by atoms with Gasteiger partial charge in [-0.15, -0.1) is 11.8 Å². The molecule has 1 saturated heterocycles. The number of piperidine rings is 1. The molecule has 0 spiro atoms. The number of carbonyl (C=O) groups is 3. The van der Waals surface area contributed by atoms with Crippen LogP contribution in [-0.4, -0.2) is 48.0 Å². The van der Waals surface area contributed by atoms with Crippen LogP contribution in [-0.2, 0) is 16.0 Å². The average molecular weight is 464 g/mol. The van der Waals surface area contributed by atoms with Crippen LogP contribution in [0.3, 0.4) is 0 Å². The zero-order valence-electron chi connectivity index (χ0n) is 18.7. The quantitative estimate of drug-likeness (QED) is 0.746. The van der Waals surface area contributed by atoms with Gasteiger partial charge in [0.05, 0.1) is 17.5 Å². The van der Waals surface area contributed by atoms with Crippen LogP contribution in [0.4, 0.5) is 5.69 Å². The van der Waals surface area contributed by atoms with Crippen molar-refractivity contribution in [3.8, 4) is 0 Å². The van der Waals surface area contributed by atoms with E-state index in [1.807, 2.05) is 29.2 Å². The molecule has 0 radical (unpaired) electrons. The molecule has 5 rings (SSSR count). The van der Waals surface area contributed by atoms with E-state index in [0.29, 0.717) is 17.0 Å². The summed E-state index contributed by atoms with van der Waals surface area (Å²) in [4.78, 5) is 43.2. The minimum atomic E-state index is -0.171. The summed E-state index contributed by atoms with van der Waals surface area (Å²) in [6, 6.07) is 13.8. The van der Waals surface area contributed by atoms with E-state index >= 15 is 0 Å². The summed E-state index contributed by atoms with van der Waals surface area (Å²) >= 11 is 1.46. The first-order valence-electron chi connectivity index (χ1n) is 11.8. The molecule has 1 N–H and O–H groups in total. The molecule has 0 aromatic heterocycles. The lowest BCUT2D eigenvalue weighted by Gasteiger charge is -2.31. The fourth-order valence-electron chi connectivity index (χ4n) is 5.08. The highest BCUT2D eigenvalue weighted by Gasteiger charge is 2.30. The van der Waals surface area contributed by atoms with E-state index < -0.39 is 0 Å². The van der Waals surface area contributed by atoms with Gasteiger partial charge in [-0.25, -0.2) is 0 Å². The molecule has 1 atom stereocenters. The Hall–Kier alpha value is -2.80. The average Bonchev–Trinajstić information content (AvgIpc) is 2.86. The zero-order chi connectivity index (χ0) is 22.8. The maximum absolute atomic E-state index is 13.0. The molecule has 2 aromatic rings. The monoisotopic (exact) mass is 463 g/mol. The predicted octanol–water partition coefficient (Wildman–Crippen LogP) is 3.95. The second-order valence-corrected chi connectivity index (χ2v) is 10.0. The maximum Gasteiger partial charge on any atom is 0.253 e. The molecular weight excluding hydrogens is 434 g/mol. The summed E-state index contributed by atoms with van der Waals surface area (Å²) in [5.74, 6) is 0.0278. The lowest BCUT2D eigenvalue weighted by Crippen LogP contribution is -2.44. The van der Waals surface area contributed by atoms with Crippen LogP contribution in [0.25, 0.3) is 0 Å². The minimum Gasteiger partial charge on any atom is -0.348 e. The molecule has 3 aliphatic rings. The Morgan fingerprint density at radius 2 is 1.85 bits per heavy atom. The van der Waals surface area contributed by atoms with Crippen molar-refractivity contribution in [2.75, 3.05) is 30.3 Å². The third kappa shape index (κ3) is 4.64. The first-order valence-corrected chi connectivity index (χ1v) is 12.8. The molecule has 2 aromatic carbocycles. The number of likely N-dealkylation sites (tertiary alicyclic amines) is 1. The number of hydrogen-bond donors (Lipinski definition) is 1. The van der Waals surface area contributed by atoms with Gasteiger partial charge >= 0.3 is 0 Å². The van der Waals surface area contributed by atoms with Gasteiger partial charge in [0.25, 0.3) is 5.91 Å². The van der Waals surface area contributed by atoms with Crippen LogP contribution in [0.5, 0.6) is 0 Å². The van der Waals surface area contributed by atoms with Gasteiger partial charge in [-0.1, -0.05) is 24.3 Å². The standard InChI is InChI=1S/C26H29N3O3S/c30-24(27-21-10-6-8-18-7-2-3-9-20(18)21)16-29-22-15-19(11-12-23(22)33-17-25(29)31)26(32)28-13-4-1-5-14-28/h2-3,7,9,11-12,15,21H,1,4-6,8,10,13-14,16-17H2,(H,27,30). The number of rotatable bonds is 4. The molecule has 33 heavy (non-hydrogen) atoms. The molecule has 2 heterocycles. The van der Waals surface area contributed by atoms with Crippen molar-refractivity contribution in [2.24, 2.45) is 0 Å². The summed E-state index contributed by atoms with van der Waals surface area (Å²) in [6.45, 7) is 1.52. The molecule has 2 aliphatic heterocycles. The van der Waals surface area contributed by atoms with Crippen LogP contribution in [0.15, 0.2) is 47.4 Å². The Bertz CT molecular complexity index is 1080. The molecule has 1 fully saturated rings. The van der Waals surface area contributed by atoms with E-state index in [1.54, 1.807) is 11.0 Å². The zero-order valence-corrected chi connectivity index (χ0v) is 19.5. The fraction of sp³-hybridized carbons (Fsp3) is 0.423. The second kappa shape index (κ2) is 9.59. The Morgan fingerprint density at radius 3 is 2.70 bits per heavy atom. The number of nitrogens with one attached hydrogen (secondary N) is 1. The molecule has 0 saturated carbocycles. The van der Waals surface area contributed by atoms with Gasteiger partial charge in [0.1, 0.15) is 6.54 Å². The van der Waals surface area contributed by atoms with E-state index in [-0.39, 0.29) is 30.3 Å². The summed E-state index contributed by atoms with van der Waals surface area (Å²) < 4.78 is 0. The number of nitrogens with zero attached hydrogens (tertiary/aromatic N) is 2. The molecule has 3 amide bonds. The van der Waals surface area contributed by atoms with Gasteiger partial charge < -0.3 is 15.1 Å².